The summed E-state index contributed by atoms with van der Waals surface area (Å²) < 4.78 is 0. The van der Waals surface area contributed by atoms with Crippen LogP contribution in [-0.4, -0.2) is 15.9 Å². The summed E-state index contributed by atoms with van der Waals surface area (Å²) in [5, 5.41) is 22.7. The summed E-state index contributed by atoms with van der Waals surface area (Å²) in [6.07, 6.45) is 0. The number of carbonyl (C=O) groups excluding carboxylic acids is 1. The third-order valence-electron chi connectivity index (χ3n) is 2.40. The van der Waals surface area contributed by atoms with E-state index in [9.17, 15) is 20.0 Å². The molecule has 0 saturated carbocycles. The summed E-state index contributed by atoms with van der Waals surface area (Å²) >= 11 is 1.30. The van der Waals surface area contributed by atoms with E-state index in [0.29, 0.717) is 4.88 Å². The van der Waals surface area contributed by atoms with Crippen LogP contribution >= 0.6 is 11.3 Å². The molecule has 0 aliphatic carbocycles. The van der Waals surface area contributed by atoms with Gasteiger partial charge in [0.25, 0.3) is 11.6 Å². The van der Waals surface area contributed by atoms with Gasteiger partial charge >= 0.3 is 0 Å². The molecule has 1 amide bonds. The lowest BCUT2D eigenvalue weighted by Crippen LogP contribution is -2.10. The van der Waals surface area contributed by atoms with Gasteiger partial charge in [0.05, 0.1) is 15.5 Å². The van der Waals surface area contributed by atoms with E-state index in [1.54, 1.807) is 12.1 Å². The summed E-state index contributed by atoms with van der Waals surface area (Å²) in [5.41, 5.74) is -0.180. The van der Waals surface area contributed by atoms with Gasteiger partial charge < -0.3 is 10.4 Å². The molecule has 0 spiro atoms. The normalized spacial score (nSPS) is 10.2. The lowest BCUT2D eigenvalue weighted by molar-refractivity contribution is -0.384. The van der Waals surface area contributed by atoms with Crippen LogP contribution < -0.4 is 5.32 Å². The largest absolute Gasteiger partial charge is 0.506 e. The van der Waals surface area contributed by atoms with Gasteiger partial charge in [-0.2, -0.15) is 0 Å². The first-order valence-corrected chi connectivity index (χ1v) is 6.14. The molecule has 2 rings (SSSR count). The number of nitro groups is 1. The number of thiophene rings is 1. The molecule has 6 nitrogen and oxygen atoms in total. The highest BCUT2D eigenvalue weighted by Gasteiger charge is 2.14. The summed E-state index contributed by atoms with van der Waals surface area (Å²) in [5.74, 6) is -0.624. The molecule has 0 unspecified atom stereocenters. The third kappa shape index (κ3) is 2.89. The molecular formula is C12H10N2O4S. The number of benzene rings is 1. The number of hydrogen-bond acceptors (Lipinski definition) is 5. The van der Waals surface area contributed by atoms with Gasteiger partial charge in [0.15, 0.2) is 0 Å². The van der Waals surface area contributed by atoms with Crippen molar-refractivity contribution in [2.24, 2.45) is 0 Å². The van der Waals surface area contributed by atoms with Crippen molar-refractivity contribution in [2.75, 3.05) is 5.32 Å². The molecule has 7 heteroatoms. The summed E-state index contributed by atoms with van der Waals surface area (Å²) in [6, 6.07) is 6.91. The van der Waals surface area contributed by atoms with Crippen LogP contribution in [0.4, 0.5) is 11.4 Å². The third-order valence-corrected chi connectivity index (χ3v) is 3.40. The Bertz CT molecular complexity index is 651. The Morgan fingerprint density at radius 3 is 2.68 bits per heavy atom. The van der Waals surface area contributed by atoms with Gasteiger partial charge in [0, 0.05) is 17.0 Å². The van der Waals surface area contributed by atoms with Crippen LogP contribution in [0.25, 0.3) is 0 Å². The minimum Gasteiger partial charge on any atom is -0.506 e. The maximum absolute atomic E-state index is 11.9. The number of rotatable bonds is 3. The van der Waals surface area contributed by atoms with Crippen molar-refractivity contribution in [3.63, 3.8) is 0 Å². The molecule has 0 radical (unpaired) electrons. The van der Waals surface area contributed by atoms with Gasteiger partial charge in [-0.05, 0) is 25.1 Å². The lowest BCUT2D eigenvalue weighted by atomic mass is 10.2. The zero-order valence-electron chi connectivity index (χ0n) is 9.91. The topological polar surface area (TPSA) is 92.5 Å². The minimum absolute atomic E-state index is 0.0188. The molecule has 1 aromatic carbocycles. The lowest BCUT2D eigenvalue weighted by Gasteiger charge is -2.05. The Kier molecular flexibility index (Phi) is 3.48. The number of hydrogen-bond donors (Lipinski definition) is 2. The second-order valence-electron chi connectivity index (χ2n) is 3.82. The molecule has 0 aliphatic rings. The number of nitrogens with one attached hydrogen (secondary N) is 1. The predicted molar refractivity (Wildman–Crippen MR) is 71.8 cm³/mol. The van der Waals surface area contributed by atoms with Gasteiger partial charge in [0.1, 0.15) is 5.75 Å². The first-order chi connectivity index (χ1) is 8.97. The zero-order valence-corrected chi connectivity index (χ0v) is 10.7. The molecule has 0 saturated heterocycles. The maximum atomic E-state index is 11.9. The Morgan fingerprint density at radius 2 is 2.11 bits per heavy atom. The van der Waals surface area contributed by atoms with Crippen LogP contribution in [0.5, 0.6) is 5.75 Å². The SMILES string of the molecule is Cc1ccc(C(=O)Nc2cc([N+](=O)[O-])ccc2O)s1. The number of aromatic hydroxyl groups is 1. The van der Waals surface area contributed by atoms with Crippen LogP contribution in [0.15, 0.2) is 30.3 Å². The quantitative estimate of drug-likeness (QED) is 0.513. The van der Waals surface area contributed by atoms with Crippen LogP contribution in [-0.2, 0) is 0 Å². The summed E-state index contributed by atoms with van der Waals surface area (Å²) in [4.78, 5) is 23.4. The van der Waals surface area contributed by atoms with E-state index < -0.39 is 10.8 Å². The van der Waals surface area contributed by atoms with Gasteiger partial charge in [-0.3, -0.25) is 14.9 Å². The van der Waals surface area contributed by atoms with Gasteiger partial charge in [-0.1, -0.05) is 0 Å². The number of nitrogens with zero attached hydrogens (tertiary/aromatic N) is 1. The fourth-order valence-electron chi connectivity index (χ4n) is 1.48. The van der Waals surface area contributed by atoms with E-state index in [1.165, 1.54) is 23.5 Å². The molecule has 2 aromatic rings. The van der Waals surface area contributed by atoms with E-state index in [2.05, 4.69) is 5.32 Å². The Labute approximate surface area is 112 Å². The number of carbonyl (C=O) groups is 1. The fourth-order valence-corrected chi connectivity index (χ4v) is 2.24. The Hall–Kier alpha value is -2.41. The van der Waals surface area contributed by atoms with Crippen molar-refractivity contribution in [3.05, 3.63) is 50.2 Å². The molecule has 0 atom stereocenters. The van der Waals surface area contributed by atoms with E-state index in [4.69, 9.17) is 0 Å². The monoisotopic (exact) mass is 278 g/mol. The van der Waals surface area contributed by atoms with Crippen molar-refractivity contribution in [1.29, 1.82) is 0 Å². The van der Waals surface area contributed by atoms with Crippen molar-refractivity contribution in [1.82, 2.24) is 0 Å². The number of amides is 1. The molecule has 2 N–H and O–H groups in total. The standard InChI is InChI=1S/C12H10N2O4S/c1-7-2-5-11(19-7)12(16)13-9-6-8(14(17)18)3-4-10(9)15/h2-6,15H,1H3,(H,13,16). The highest BCUT2D eigenvalue weighted by atomic mass is 32.1. The average Bonchev–Trinajstić information content (AvgIpc) is 2.78. The number of non-ortho nitro benzene ring substituents is 1. The van der Waals surface area contributed by atoms with Gasteiger partial charge in [-0.25, -0.2) is 0 Å². The maximum Gasteiger partial charge on any atom is 0.271 e. The fraction of sp³-hybridized carbons (Fsp3) is 0.0833. The van der Waals surface area contributed by atoms with E-state index in [0.717, 1.165) is 10.9 Å². The molecular weight excluding hydrogens is 268 g/mol. The average molecular weight is 278 g/mol. The van der Waals surface area contributed by atoms with Gasteiger partial charge in [0.2, 0.25) is 0 Å². The number of anilines is 1. The van der Waals surface area contributed by atoms with Crippen molar-refractivity contribution < 1.29 is 14.8 Å². The van der Waals surface area contributed by atoms with Crippen molar-refractivity contribution >= 4 is 28.6 Å². The van der Waals surface area contributed by atoms with Crippen LogP contribution in [0.2, 0.25) is 0 Å². The van der Waals surface area contributed by atoms with Crippen LogP contribution in [0.3, 0.4) is 0 Å². The minimum atomic E-state index is -0.593. The van der Waals surface area contributed by atoms with E-state index in [1.807, 2.05) is 6.92 Å². The van der Waals surface area contributed by atoms with Gasteiger partial charge in [-0.15, -0.1) is 11.3 Å². The van der Waals surface area contributed by atoms with E-state index >= 15 is 0 Å². The highest BCUT2D eigenvalue weighted by molar-refractivity contribution is 7.14. The van der Waals surface area contributed by atoms with Crippen LogP contribution in [0.1, 0.15) is 14.5 Å². The van der Waals surface area contributed by atoms with E-state index in [-0.39, 0.29) is 17.1 Å². The first kappa shape index (κ1) is 13.0. The second-order valence-corrected chi connectivity index (χ2v) is 5.11. The molecule has 0 bridgehead atoms. The number of nitro benzene ring substituents is 1. The number of aryl methyl sites for hydroxylation is 1. The smallest absolute Gasteiger partial charge is 0.271 e. The number of phenolic OH excluding ortho intramolecular Hbond substituents is 1. The summed E-state index contributed by atoms with van der Waals surface area (Å²) in [7, 11) is 0. The molecule has 98 valence electrons. The summed E-state index contributed by atoms with van der Waals surface area (Å²) in [6.45, 7) is 1.87. The molecule has 1 heterocycles. The Morgan fingerprint density at radius 1 is 1.37 bits per heavy atom. The number of phenols is 1. The molecule has 0 aliphatic heterocycles. The van der Waals surface area contributed by atoms with Crippen LogP contribution in [0, 0.1) is 17.0 Å². The van der Waals surface area contributed by atoms with Crippen molar-refractivity contribution in [3.8, 4) is 5.75 Å². The molecule has 19 heavy (non-hydrogen) atoms. The molecule has 1 aromatic heterocycles. The first-order valence-electron chi connectivity index (χ1n) is 5.32. The molecule has 0 fully saturated rings. The second kappa shape index (κ2) is 5.07. The predicted octanol–water partition coefficient (Wildman–Crippen LogP) is 2.92. The Balaban J connectivity index is 2.25. The highest BCUT2D eigenvalue weighted by Crippen LogP contribution is 2.28. The van der Waals surface area contributed by atoms with Crippen molar-refractivity contribution in [2.45, 2.75) is 6.92 Å². The zero-order chi connectivity index (χ0) is 14.0.